The molecule has 3 N–H and O–H groups in total. The van der Waals surface area contributed by atoms with Gasteiger partial charge in [-0.25, -0.2) is 18.7 Å². The van der Waals surface area contributed by atoms with E-state index >= 15 is 0 Å². The fourth-order valence-electron chi connectivity index (χ4n) is 2.59. The van der Waals surface area contributed by atoms with E-state index in [0.29, 0.717) is 12.3 Å². The quantitative estimate of drug-likeness (QED) is 0.524. The Hall–Kier alpha value is -2.87. The van der Waals surface area contributed by atoms with Crippen molar-refractivity contribution in [1.82, 2.24) is 9.97 Å². The maximum atomic E-state index is 13.1. The van der Waals surface area contributed by atoms with Crippen LogP contribution < -0.4 is 10.6 Å². The average molecular weight is 468 g/mol. The van der Waals surface area contributed by atoms with Crippen LogP contribution in [0.1, 0.15) is 28.8 Å². The first kappa shape index (κ1) is 24.4. The summed E-state index contributed by atoms with van der Waals surface area (Å²) in [5.41, 5.74) is 3.54. The zero-order valence-electron chi connectivity index (χ0n) is 15.7. The van der Waals surface area contributed by atoms with Gasteiger partial charge in [0, 0.05) is 38.3 Å². The molecular formula is C17H17F5N4O4S. The minimum absolute atomic E-state index is 0.0917. The summed E-state index contributed by atoms with van der Waals surface area (Å²) in [6.07, 6.45) is -3.70. The SMILES string of the molecule is NC(=O)c1cc(C(F)(F)F)cnc1N1CCC(F)(F)CC1.O=S(=O)(O)c1ccccn1. The molecule has 8 nitrogen and oxygen atoms in total. The van der Waals surface area contributed by atoms with Gasteiger partial charge in [-0.05, 0) is 18.2 Å². The van der Waals surface area contributed by atoms with Gasteiger partial charge in [0.2, 0.25) is 0 Å². The number of amides is 1. The second kappa shape index (κ2) is 9.09. The molecule has 1 aliphatic heterocycles. The summed E-state index contributed by atoms with van der Waals surface area (Å²) in [5, 5.41) is -0.324. The third-order valence-electron chi connectivity index (χ3n) is 4.16. The maximum absolute atomic E-state index is 13.1. The monoisotopic (exact) mass is 468 g/mol. The van der Waals surface area contributed by atoms with Crippen LogP contribution in [0.4, 0.5) is 27.8 Å². The van der Waals surface area contributed by atoms with E-state index in [1.165, 1.54) is 23.2 Å². The third-order valence-corrected chi connectivity index (χ3v) is 4.93. The van der Waals surface area contributed by atoms with E-state index in [9.17, 15) is 35.2 Å². The number of primary amides is 1. The number of anilines is 1. The molecule has 3 heterocycles. The van der Waals surface area contributed by atoms with E-state index < -0.39 is 52.1 Å². The molecule has 2 aromatic heterocycles. The molecule has 3 rings (SSSR count). The van der Waals surface area contributed by atoms with Gasteiger partial charge in [0.1, 0.15) is 5.82 Å². The van der Waals surface area contributed by atoms with Crippen LogP contribution in [0.3, 0.4) is 0 Å². The van der Waals surface area contributed by atoms with E-state index in [-0.39, 0.29) is 23.9 Å². The van der Waals surface area contributed by atoms with E-state index in [2.05, 4.69) is 9.97 Å². The molecule has 1 amide bonds. The lowest BCUT2D eigenvalue weighted by molar-refractivity contribution is -0.137. The fourth-order valence-corrected chi connectivity index (χ4v) is 3.04. The topological polar surface area (TPSA) is 126 Å². The minimum Gasteiger partial charge on any atom is -0.365 e. The highest BCUT2D eigenvalue weighted by Gasteiger charge is 2.37. The zero-order valence-corrected chi connectivity index (χ0v) is 16.5. The van der Waals surface area contributed by atoms with Crippen LogP contribution in [0.15, 0.2) is 41.7 Å². The summed E-state index contributed by atoms with van der Waals surface area (Å²) in [6, 6.07) is 4.86. The lowest BCUT2D eigenvalue weighted by Gasteiger charge is -2.33. The van der Waals surface area contributed by atoms with Gasteiger partial charge in [0.15, 0.2) is 5.03 Å². The van der Waals surface area contributed by atoms with Crippen LogP contribution in [0.25, 0.3) is 0 Å². The first-order chi connectivity index (χ1) is 14.2. The van der Waals surface area contributed by atoms with Crippen molar-refractivity contribution in [3.05, 3.63) is 47.8 Å². The molecule has 170 valence electrons. The summed E-state index contributed by atoms with van der Waals surface area (Å²) in [6.45, 7) is -0.211. The Labute approximate surface area is 173 Å². The van der Waals surface area contributed by atoms with Crippen molar-refractivity contribution in [2.45, 2.75) is 30.0 Å². The van der Waals surface area contributed by atoms with Gasteiger partial charge >= 0.3 is 16.3 Å². The summed E-state index contributed by atoms with van der Waals surface area (Å²) in [5.74, 6) is -3.98. The smallest absolute Gasteiger partial charge is 0.365 e. The Kier molecular flexibility index (Phi) is 7.16. The molecule has 0 atom stereocenters. The molecule has 0 radical (unpaired) electrons. The van der Waals surface area contributed by atoms with E-state index in [0.717, 1.165) is 0 Å². The number of pyridine rings is 2. The Balaban J connectivity index is 0.000000285. The van der Waals surface area contributed by atoms with Gasteiger partial charge in [-0.3, -0.25) is 9.35 Å². The van der Waals surface area contributed by atoms with Crippen molar-refractivity contribution in [2.24, 2.45) is 5.73 Å². The second-order valence-corrected chi connectivity index (χ2v) is 7.81. The number of carbonyl (C=O) groups is 1. The first-order valence-electron chi connectivity index (χ1n) is 8.59. The predicted octanol–water partition coefficient (Wildman–Crippen LogP) is 2.76. The number of piperidine rings is 1. The van der Waals surface area contributed by atoms with Crippen LogP contribution in [0.5, 0.6) is 0 Å². The summed E-state index contributed by atoms with van der Waals surface area (Å²) < 4.78 is 93.0. The molecule has 1 saturated heterocycles. The molecule has 14 heteroatoms. The van der Waals surface area contributed by atoms with Crippen molar-refractivity contribution in [3.8, 4) is 0 Å². The Morgan fingerprint density at radius 3 is 2.19 bits per heavy atom. The lowest BCUT2D eigenvalue weighted by Crippen LogP contribution is -2.40. The minimum atomic E-state index is -4.66. The number of carbonyl (C=O) groups excluding carboxylic acids is 1. The van der Waals surface area contributed by atoms with Crippen LogP contribution in [-0.4, -0.2) is 47.9 Å². The van der Waals surface area contributed by atoms with Gasteiger partial charge in [0.05, 0.1) is 11.1 Å². The fraction of sp³-hybridized carbons (Fsp3) is 0.353. The van der Waals surface area contributed by atoms with E-state index in [1.54, 1.807) is 6.07 Å². The molecule has 1 aliphatic rings. The van der Waals surface area contributed by atoms with Crippen molar-refractivity contribution in [2.75, 3.05) is 18.0 Å². The number of aromatic nitrogens is 2. The van der Waals surface area contributed by atoms with Crippen molar-refractivity contribution in [1.29, 1.82) is 0 Å². The largest absolute Gasteiger partial charge is 0.417 e. The lowest BCUT2D eigenvalue weighted by atomic mass is 10.1. The van der Waals surface area contributed by atoms with Gasteiger partial charge < -0.3 is 10.6 Å². The van der Waals surface area contributed by atoms with Crippen molar-refractivity contribution in [3.63, 3.8) is 0 Å². The van der Waals surface area contributed by atoms with Gasteiger partial charge in [-0.1, -0.05) is 6.07 Å². The van der Waals surface area contributed by atoms with Crippen LogP contribution in [0, 0.1) is 0 Å². The molecule has 31 heavy (non-hydrogen) atoms. The predicted molar refractivity (Wildman–Crippen MR) is 98.2 cm³/mol. The normalized spacial score (nSPS) is 16.3. The van der Waals surface area contributed by atoms with E-state index in [4.69, 9.17) is 10.3 Å². The second-order valence-electron chi connectivity index (χ2n) is 6.44. The molecule has 0 unspecified atom stereocenters. The molecule has 0 aliphatic carbocycles. The number of halogens is 5. The Morgan fingerprint density at radius 1 is 1.16 bits per heavy atom. The standard InChI is InChI=1S/C12H12F5N3O.C5H5NO3S/c13-11(14)1-3-20(4-2-11)10-8(9(18)21)5-7(6-19-10)12(15,16)17;7-10(8,9)5-3-1-2-4-6-5/h5-6H,1-4H2,(H2,18,21);1-4H,(H,7,8,9). The highest BCUT2D eigenvalue weighted by atomic mass is 32.2. The number of nitrogens with two attached hydrogens (primary N) is 1. The molecule has 0 spiro atoms. The first-order valence-corrected chi connectivity index (χ1v) is 10.0. The molecular weight excluding hydrogens is 451 g/mol. The highest BCUT2D eigenvalue weighted by molar-refractivity contribution is 7.85. The van der Waals surface area contributed by atoms with Crippen LogP contribution >= 0.6 is 0 Å². The maximum Gasteiger partial charge on any atom is 0.417 e. The Bertz CT molecular complexity index is 1020. The highest BCUT2D eigenvalue weighted by Crippen LogP contribution is 2.34. The average Bonchev–Trinajstić information content (AvgIpc) is 2.67. The molecule has 0 bridgehead atoms. The van der Waals surface area contributed by atoms with Crippen LogP contribution in [0.2, 0.25) is 0 Å². The van der Waals surface area contributed by atoms with Gasteiger partial charge in [-0.15, -0.1) is 0 Å². The van der Waals surface area contributed by atoms with E-state index in [1.807, 2.05) is 0 Å². The summed E-state index contributed by atoms with van der Waals surface area (Å²) in [7, 11) is -4.11. The van der Waals surface area contributed by atoms with Gasteiger partial charge in [-0.2, -0.15) is 21.6 Å². The number of hydrogen-bond donors (Lipinski definition) is 2. The number of alkyl halides is 5. The number of hydrogen-bond acceptors (Lipinski definition) is 6. The third kappa shape index (κ3) is 6.82. The molecule has 0 saturated carbocycles. The van der Waals surface area contributed by atoms with Gasteiger partial charge in [0.25, 0.3) is 11.8 Å². The molecule has 0 aromatic carbocycles. The van der Waals surface area contributed by atoms with Crippen molar-refractivity contribution >= 4 is 21.8 Å². The molecule has 2 aromatic rings. The summed E-state index contributed by atoms with van der Waals surface area (Å²) in [4.78, 5) is 19.7. The van der Waals surface area contributed by atoms with Crippen LogP contribution in [-0.2, 0) is 16.3 Å². The summed E-state index contributed by atoms with van der Waals surface area (Å²) >= 11 is 0. The Morgan fingerprint density at radius 2 is 1.77 bits per heavy atom. The van der Waals surface area contributed by atoms with Crippen molar-refractivity contribution < 1.29 is 39.7 Å². The molecule has 1 fully saturated rings. The number of nitrogens with zero attached hydrogens (tertiary/aromatic N) is 3. The number of rotatable bonds is 3. The zero-order chi connectivity index (χ0) is 23.4.